The highest BCUT2D eigenvalue weighted by atomic mass is 16.5. The molecule has 1 fully saturated rings. The number of rotatable bonds is 6. The molecule has 21 heavy (non-hydrogen) atoms. The normalized spacial score (nSPS) is 18.1. The SMILES string of the molecule is COc1cc(OC)nc(NC(=O)CCC2CCCCN2)n1. The summed E-state index contributed by atoms with van der Waals surface area (Å²) in [6, 6.07) is 1.99. The fourth-order valence-corrected chi connectivity index (χ4v) is 2.33. The van der Waals surface area contributed by atoms with Crippen LogP contribution in [0.1, 0.15) is 32.1 Å². The number of ether oxygens (including phenoxy) is 2. The molecule has 1 unspecified atom stereocenters. The van der Waals surface area contributed by atoms with Gasteiger partial charge in [0.25, 0.3) is 0 Å². The van der Waals surface area contributed by atoms with E-state index in [1.165, 1.54) is 27.1 Å². The molecular formula is C14H22N4O3. The maximum atomic E-state index is 12.0. The molecule has 7 nitrogen and oxygen atoms in total. The summed E-state index contributed by atoms with van der Waals surface area (Å²) >= 11 is 0. The van der Waals surface area contributed by atoms with E-state index in [0.29, 0.717) is 24.2 Å². The Morgan fingerprint density at radius 2 is 2.05 bits per heavy atom. The zero-order valence-corrected chi connectivity index (χ0v) is 12.5. The molecule has 2 N–H and O–H groups in total. The van der Waals surface area contributed by atoms with Crippen LogP contribution in [0.2, 0.25) is 0 Å². The van der Waals surface area contributed by atoms with Crippen LogP contribution in [0.25, 0.3) is 0 Å². The third kappa shape index (κ3) is 4.86. The van der Waals surface area contributed by atoms with Crippen molar-refractivity contribution in [2.45, 2.75) is 38.1 Å². The van der Waals surface area contributed by atoms with Gasteiger partial charge in [-0.1, -0.05) is 6.42 Å². The van der Waals surface area contributed by atoms with Crippen molar-refractivity contribution in [3.63, 3.8) is 0 Å². The average molecular weight is 294 g/mol. The maximum absolute atomic E-state index is 12.0. The number of aromatic nitrogens is 2. The van der Waals surface area contributed by atoms with E-state index in [9.17, 15) is 4.79 Å². The molecule has 1 amide bonds. The van der Waals surface area contributed by atoms with Gasteiger partial charge in [-0.3, -0.25) is 10.1 Å². The molecular weight excluding hydrogens is 272 g/mol. The Bertz CT molecular complexity index is 453. The van der Waals surface area contributed by atoms with Crippen molar-refractivity contribution in [2.24, 2.45) is 0 Å². The van der Waals surface area contributed by atoms with Gasteiger partial charge in [-0.2, -0.15) is 9.97 Å². The molecule has 0 aromatic carbocycles. The summed E-state index contributed by atoms with van der Waals surface area (Å²) in [5.74, 6) is 0.808. The van der Waals surface area contributed by atoms with Crippen LogP contribution >= 0.6 is 0 Å². The quantitative estimate of drug-likeness (QED) is 0.824. The Morgan fingerprint density at radius 3 is 2.62 bits per heavy atom. The number of nitrogens with zero attached hydrogens (tertiary/aromatic N) is 2. The molecule has 116 valence electrons. The smallest absolute Gasteiger partial charge is 0.236 e. The predicted octanol–water partition coefficient (Wildman–Crippen LogP) is 1.35. The standard InChI is InChI=1S/C14H22N4O3/c1-20-12-9-13(21-2)18-14(17-12)16-11(19)7-6-10-5-3-4-8-15-10/h9-10,15H,3-8H2,1-2H3,(H,16,17,18,19). The number of nitrogens with one attached hydrogen (secondary N) is 2. The van der Waals surface area contributed by atoms with Crippen molar-refractivity contribution >= 4 is 11.9 Å². The first-order valence-corrected chi connectivity index (χ1v) is 7.21. The fraction of sp³-hybridized carbons (Fsp3) is 0.643. The molecule has 1 saturated heterocycles. The van der Waals surface area contributed by atoms with Crippen molar-refractivity contribution in [3.05, 3.63) is 6.07 Å². The van der Waals surface area contributed by atoms with Crippen LogP contribution in [0.5, 0.6) is 11.8 Å². The summed E-state index contributed by atoms with van der Waals surface area (Å²) in [6.07, 6.45) is 4.86. The number of carbonyl (C=O) groups excluding carboxylic acids is 1. The number of methoxy groups -OCH3 is 2. The molecule has 1 aliphatic rings. The lowest BCUT2D eigenvalue weighted by Crippen LogP contribution is -2.34. The summed E-state index contributed by atoms with van der Waals surface area (Å²) in [5, 5.41) is 6.11. The van der Waals surface area contributed by atoms with Crippen molar-refractivity contribution in [2.75, 3.05) is 26.1 Å². The lowest BCUT2D eigenvalue weighted by atomic mass is 10.0. The second-order valence-electron chi connectivity index (χ2n) is 5.01. The van der Waals surface area contributed by atoms with Crippen LogP contribution in [0, 0.1) is 0 Å². The topological polar surface area (TPSA) is 85.4 Å². The number of amides is 1. The van der Waals surface area contributed by atoms with Gasteiger partial charge in [0.15, 0.2) is 0 Å². The van der Waals surface area contributed by atoms with Crippen molar-refractivity contribution in [3.8, 4) is 11.8 Å². The summed E-state index contributed by atoms with van der Waals surface area (Å²) in [5.41, 5.74) is 0. The molecule has 0 saturated carbocycles. The number of hydrogen-bond acceptors (Lipinski definition) is 6. The Morgan fingerprint density at radius 1 is 1.33 bits per heavy atom. The molecule has 2 heterocycles. The van der Waals surface area contributed by atoms with Crippen LogP contribution in [0.4, 0.5) is 5.95 Å². The van der Waals surface area contributed by atoms with E-state index in [-0.39, 0.29) is 11.9 Å². The zero-order chi connectivity index (χ0) is 15.1. The predicted molar refractivity (Wildman–Crippen MR) is 78.6 cm³/mol. The molecule has 0 radical (unpaired) electrons. The highest BCUT2D eigenvalue weighted by molar-refractivity contribution is 5.89. The summed E-state index contributed by atoms with van der Waals surface area (Å²) in [7, 11) is 3.00. The van der Waals surface area contributed by atoms with Gasteiger partial charge in [-0.15, -0.1) is 0 Å². The highest BCUT2D eigenvalue weighted by Gasteiger charge is 2.15. The number of anilines is 1. The molecule has 0 bridgehead atoms. The summed E-state index contributed by atoms with van der Waals surface area (Å²) < 4.78 is 10.1. The third-order valence-electron chi connectivity index (χ3n) is 3.48. The Kier molecular flexibility index (Phi) is 5.74. The second-order valence-corrected chi connectivity index (χ2v) is 5.01. The van der Waals surface area contributed by atoms with Crippen LogP contribution < -0.4 is 20.1 Å². The average Bonchev–Trinajstić information content (AvgIpc) is 2.53. The van der Waals surface area contributed by atoms with Crippen LogP contribution in [0.3, 0.4) is 0 Å². The molecule has 1 aromatic rings. The first-order valence-electron chi connectivity index (χ1n) is 7.21. The third-order valence-corrected chi connectivity index (χ3v) is 3.48. The van der Waals surface area contributed by atoms with Crippen LogP contribution in [-0.2, 0) is 4.79 Å². The zero-order valence-electron chi connectivity index (χ0n) is 12.5. The van der Waals surface area contributed by atoms with Crippen LogP contribution in [-0.4, -0.2) is 42.7 Å². The van der Waals surface area contributed by atoms with Gasteiger partial charge in [0.1, 0.15) is 0 Å². The number of hydrogen-bond donors (Lipinski definition) is 2. The van der Waals surface area contributed by atoms with Gasteiger partial charge < -0.3 is 14.8 Å². The van der Waals surface area contributed by atoms with Gasteiger partial charge >= 0.3 is 0 Å². The van der Waals surface area contributed by atoms with Gasteiger partial charge in [0, 0.05) is 12.5 Å². The molecule has 1 atom stereocenters. The van der Waals surface area contributed by atoms with Crippen molar-refractivity contribution in [1.29, 1.82) is 0 Å². The van der Waals surface area contributed by atoms with Crippen LogP contribution in [0.15, 0.2) is 6.07 Å². The molecule has 1 aliphatic heterocycles. The van der Waals surface area contributed by atoms with Gasteiger partial charge in [-0.25, -0.2) is 0 Å². The lowest BCUT2D eigenvalue weighted by Gasteiger charge is -2.22. The molecule has 0 spiro atoms. The minimum absolute atomic E-state index is 0.0994. The minimum atomic E-state index is -0.0994. The monoisotopic (exact) mass is 294 g/mol. The number of piperidine rings is 1. The molecule has 0 aliphatic carbocycles. The lowest BCUT2D eigenvalue weighted by molar-refractivity contribution is -0.116. The molecule has 2 rings (SSSR count). The highest BCUT2D eigenvalue weighted by Crippen LogP contribution is 2.18. The first kappa shape index (κ1) is 15.5. The van der Waals surface area contributed by atoms with E-state index in [0.717, 1.165) is 19.4 Å². The van der Waals surface area contributed by atoms with E-state index < -0.39 is 0 Å². The maximum Gasteiger partial charge on any atom is 0.236 e. The first-order chi connectivity index (χ1) is 10.2. The summed E-state index contributed by atoms with van der Waals surface area (Å²) in [6.45, 7) is 1.04. The van der Waals surface area contributed by atoms with E-state index in [4.69, 9.17) is 9.47 Å². The largest absolute Gasteiger partial charge is 0.481 e. The Labute approximate surface area is 124 Å². The van der Waals surface area contributed by atoms with Gasteiger partial charge in [-0.05, 0) is 25.8 Å². The Balaban J connectivity index is 1.86. The van der Waals surface area contributed by atoms with E-state index >= 15 is 0 Å². The van der Waals surface area contributed by atoms with E-state index in [2.05, 4.69) is 20.6 Å². The fourth-order valence-electron chi connectivity index (χ4n) is 2.33. The van der Waals surface area contributed by atoms with Gasteiger partial charge in [0.05, 0.1) is 20.3 Å². The molecule has 1 aromatic heterocycles. The number of carbonyl (C=O) groups is 1. The Hall–Kier alpha value is -1.89. The molecule has 7 heteroatoms. The van der Waals surface area contributed by atoms with Gasteiger partial charge in [0.2, 0.25) is 23.6 Å². The van der Waals surface area contributed by atoms with Crippen molar-refractivity contribution < 1.29 is 14.3 Å². The summed E-state index contributed by atoms with van der Waals surface area (Å²) in [4.78, 5) is 20.1. The van der Waals surface area contributed by atoms with E-state index in [1.807, 2.05) is 0 Å². The van der Waals surface area contributed by atoms with E-state index in [1.54, 1.807) is 6.07 Å². The van der Waals surface area contributed by atoms with Crippen molar-refractivity contribution in [1.82, 2.24) is 15.3 Å². The minimum Gasteiger partial charge on any atom is -0.481 e. The second kappa shape index (κ2) is 7.78.